The smallest absolute Gasteiger partial charge is 0.328 e. The van der Waals surface area contributed by atoms with Gasteiger partial charge in [-0.3, -0.25) is 9.78 Å². The van der Waals surface area contributed by atoms with Gasteiger partial charge in [-0.15, -0.1) is 0 Å². The van der Waals surface area contributed by atoms with Gasteiger partial charge in [0.25, 0.3) is 5.91 Å². The van der Waals surface area contributed by atoms with Crippen molar-refractivity contribution in [3.63, 3.8) is 0 Å². The predicted molar refractivity (Wildman–Crippen MR) is 95.2 cm³/mol. The molecule has 0 saturated heterocycles. The van der Waals surface area contributed by atoms with Crippen LogP contribution in [-0.2, 0) is 16.0 Å². The summed E-state index contributed by atoms with van der Waals surface area (Å²) in [6.45, 7) is 0. The summed E-state index contributed by atoms with van der Waals surface area (Å²) in [4.78, 5) is 29.0. The Bertz CT molecular complexity index is 894. The molecule has 1 N–H and O–H groups in total. The number of para-hydroxylation sites is 1. The van der Waals surface area contributed by atoms with Gasteiger partial charge in [-0.05, 0) is 24.3 Å². The maximum atomic E-state index is 12.3. The topological polar surface area (TPSA) is 68.3 Å². The molecule has 0 spiro atoms. The van der Waals surface area contributed by atoms with Crippen LogP contribution in [0.1, 0.15) is 16.1 Å². The molecule has 5 heteroatoms. The highest BCUT2D eigenvalue weighted by atomic mass is 16.5. The number of rotatable bonds is 5. The Morgan fingerprint density at radius 1 is 1.00 bits per heavy atom. The van der Waals surface area contributed by atoms with Crippen molar-refractivity contribution in [1.82, 2.24) is 10.3 Å². The normalized spacial score (nSPS) is 11.7. The number of nitrogens with zero attached hydrogens (tertiary/aromatic N) is 1. The van der Waals surface area contributed by atoms with Crippen molar-refractivity contribution in [2.45, 2.75) is 12.5 Å². The minimum atomic E-state index is -0.800. The summed E-state index contributed by atoms with van der Waals surface area (Å²) >= 11 is 0. The van der Waals surface area contributed by atoms with Crippen LogP contribution in [0.5, 0.6) is 0 Å². The third-order valence-electron chi connectivity index (χ3n) is 3.90. The molecule has 126 valence electrons. The average molecular weight is 334 g/mol. The van der Waals surface area contributed by atoms with Crippen LogP contribution in [0.2, 0.25) is 0 Å². The first kappa shape index (κ1) is 16.6. The molecular formula is C20H18N2O3. The molecular weight excluding hydrogens is 316 g/mol. The van der Waals surface area contributed by atoms with Crippen molar-refractivity contribution < 1.29 is 14.3 Å². The number of hydrogen-bond acceptors (Lipinski definition) is 4. The van der Waals surface area contributed by atoms with E-state index in [-0.39, 0.29) is 12.3 Å². The van der Waals surface area contributed by atoms with E-state index in [2.05, 4.69) is 10.3 Å². The number of hydrogen-bond donors (Lipinski definition) is 1. The zero-order valence-electron chi connectivity index (χ0n) is 13.8. The lowest BCUT2D eigenvalue weighted by Crippen LogP contribution is -2.43. The molecule has 1 atom stereocenters. The number of carbonyl (C=O) groups excluding carboxylic acids is 2. The summed E-state index contributed by atoms with van der Waals surface area (Å²) in [5.41, 5.74) is 2.04. The van der Waals surface area contributed by atoms with E-state index in [9.17, 15) is 9.59 Å². The highest BCUT2D eigenvalue weighted by Gasteiger charge is 2.23. The van der Waals surface area contributed by atoms with E-state index in [0.717, 1.165) is 10.9 Å². The number of benzene rings is 2. The molecule has 3 rings (SSSR count). The third kappa shape index (κ3) is 4.01. The fraction of sp³-hybridized carbons (Fsp3) is 0.150. The van der Waals surface area contributed by atoms with Crippen LogP contribution in [0.4, 0.5) is 0 Å². The summed E-state index contributed by atoms with van der Waals surface area (Å²) in [6.07, 6.45) is 0.260. The van der Waals surface area contributed by atoms with Crippen LogP contribution in [0, 0.1) is 0 Å². The Kier molecular flexibility index (Phi) is 5.04. The molecule has 0 aliphatic heterocycles. The zero-order valence-corrected chi connectivity index (χ0v) is 13.8. The molecule has 1 amide bonds. The second kappa shape index (κ2) is 7.57. The minimum absolute atomic E-state index is 0.260. The van der Waals surface area contributed by atoms with Gasteiger partial charge in [0, 0.05) is 23.1 Å². The highest BCUT2D eigenvalue weighted by molar-refractivity contribution is 5.96. The van der Waals surface area contributed by atoms with Gasteiger partial charge in [-0.2, -0.15) is 0 Å². The van der Waals surface area contributed by atoms with Gasteiger partial charge >= 0.3 is 5.97 Å². The summed E-state index contributed by atoms with van der Waals surface area (Å²) in [5, 5.41) is 3.75. The number of fused-ring (bicyclic) bond motifs is 1. The maximum absolute atomic E-state index is 12.3. The number of aromatic nitrogens is 1. The first-order valence-electron chi connectivity index (χ1n) is 7.96. The number of amides is 1. The van der Waals surface area contributed by atoms with Crippen molar-refractivity contribution in [2.75, 3.05) is 7.11 Å². The SMILES string of the molecule is COC(=O)[C@@H](Cc1ccc2ccccc2n1)NC(=O)c1ccccc1. The van der Waals surface area contributed by atoms with Crippen molar-refractivity contribution in [2.24, 2.45) is 0 Å². The van der Waals surface area contributed by atoms with E-state index < -0.39 is 12.0 Å². The number of esters is 1. The van der Waals surface area contributed by atoms with Crippen LogP contribution in [0.25, 0.3) is 10.9 Å². The van der Waals surface area contributed by atoms with Gasteiger partial charge in [-0.1, -0.05) is 42.5 Å². The van der Waals surface area contributed by atoms with Crippen molar-refractivity contribution in [1.29, 1.82) is 0 Å². The lowest BCUT2D eigenvalue weighted by molar-refractivity contribution is -0.142. The molecule has 25 heavy (non-hydrogen) atoms. The molecule has 0 unspecified atom stereocenters. The number of nitrogens with one attached hydrogen (secondary N) is 1. The van der Waals surface area contributed by atoms with Crippen molar-refractivity contribution >= 4 is 22.8 Å². The average Bonchev–Trinajstić information content (AvgIpc) is 2.67. The predicted octanol–water partition coefficient (Wildman–Crippen LogP) is 2.75. The summed E-state index contributed by atoms with van der Waals surface area (Å²) in [5.74, 6) is -0.823. The Balaban J connectivity index is 1.80. The maximum Gasteiger partial charge on any atom is 0.328 e. The first-order chi connectivity index (χ1) is 12.2. The van der Waals surface area contributed by atoms with E-state index in [1.807, 2.05) is 42.5 Å². The molecule has 0 fully saturated rings. The second-order valence-corrected chi connectivity index (χ2v) is 5.61. The number of pyridine rings is 1. The molecule has 2 aromatic carbocycles. The van der Waals surface area contributed by atoms with Crippen LogP contribution in [0.3, 0.4) is 0 Å². The summed E-state index contributed by atoms with van der Waals surface area (Å²) in [6, 6.07) is 19.5. The van der Waals surface area contributed by atoms with Crippen LogP contribution >= 0.6 is 0 Å². The molecule has 1 heterocycles. The summed E-state index contributed by atoms with van der Waals surface area (Å²) in [7, 11) is 1.30. The Morgan fingerprint density at radius 3 is 2.48 bits per heavy atom. The molecule has 1 aromatic heterocycles. The van der Waals surface area contributed by atoms with Gasteiger partial charge in [0.1, 0.15) is 6.04 Å². The van der Waals surface area contributed by atoms with Crippen molar-refractivity contribution in [3.05, 3.63) is 78.0 Å². The first-order valence-corrected chi connectivity index (χ1v) is 7.96. The monoisotopic (exact) mass is 334 g/mol. The second-order valence-electron chi connectivity index (χ2n) is 5.61. The van der Waals surface area contributed by atoms with Gasteiger partial charge in [0.2, 0.25) is 0 Å². The molecule has 0 saturated carbocycles. The molecule has 0 aliphatic rings. The van der Waals surface area contributed by atoms with E-state index in [1.54, 1.807) is 24.3 Å². The molecule has 0 aliphatic carbocycles. The Hall–Kier alpha value is -3.21. The van der Waals surface area contributed by atoms with Gasteiger partial charge < -0.3 is 10.1 Å². The molecule has 5 nitrogen and oxygen atoms in total. The molecule has 0 bridgehead atoms. The van der Waals surface area contributed by atoms with Gasteiger partial charge in [-0.25, -0.2) is 4.79 Å². The quantitative estimate of drug-likeness (QED) is 0.729. The van der Waals surface area contributed by atoms with E-state index in [4.69, 9.17) is 4.74 Å². The number of ether oxygens (including phenoxy) is 1. The van der Waals surface area contributed by atoms with Crippen molar-refractivity contribution in [3.8, 4) is 0 Å². The Labute approximate surface area is 145 Å². The van der Waals surface area contributed by atoms with Gasteiger partial charge in [0.05, 0.1) is 12.6 Å². The fourth-order valence-corrected chi connectivity index (χ4v) is 2.60. The van der Waals surface area contributed by atoms with Crippen LogP contribution in [0.15, 0.2) is 66.7 Å². The van der Waals surface area contributed by atoms with Gasteiger partial charge in [0.15, 0.2) is 0 Å². The van der Waals surface area contributed by atoms with E-state index in [1.165, 1.54) is 7.11 Å². The van der Waals surface area contributed by atoms with E-state index >= 15 is 0 Å². The largest absolute Gasteiger partial charge is 0.467 e. The lowest BCUT2D eigenvalue weighted by atomic mass is 10.1. The Morgan fingerprint density at radius 2 is 1.72 bits per heavy atom. The van der Waals surface area contributed by atoms with E-state index in [0.29, 0.717) is 11.3 Å². The zero-order chi connectivity index (χ0) is 17.6. The van der Waals surface area contributed by atoms with Crippen LogP contribution < -0.4 is 5.32 Å². The fourth-order valence-electron chi connectivity index (χ4n) is 2.60. The molecule has 0 radical (unpaired) electrons. The summed E-state index contributed by atoms with van der Waals surface area (Å²) < 4.78 is 4.83. The van der Waals surface area contributed by atoms with Crippen LogP contribution in [-0.4, -0.2) is 30.0 Å². The number of carbonyl (C=O) groups is 2. The minimum Gasteiger partial charge on any atom is -0.467 e. The highest BCUT2D eigenvalue weighted by Crippen LogP contribution is 2.13. The number of methoxy groups -OCH3 is 1. The standard InChI is InChI=1S/C20H18N2O3/c1-25-20(24)18(22-19(23)15-8-3-2-4-9-15)13-16-12-11-14-7-5-6-10-17(14)21-16/h2-12,18H,13H2,1H3,(H,22,23)/t18-/m1/s1. The third-order valence-corrected chi connectivity index (χ3v) is 3.90. The molecule has 3 aromatic rings. The lowest BCUT2D eigenvalue weighted by Gasteiger charge is -2.16.